The Morgan fingerprint density at radius 2 is 2.09 bits per heavy atom. The highest BCUT2D eigenvalue weighted by Crippen LogP contribution is 1.91. The molecule has 0 rings (SSSR count). The smallest absolute Gasteiger partial charge is 0.0431 e. The molecular formula is C8H16ClNO. The van der Waals surface area contributed by atoms with Crippen LogP contribution in [0.15, 0.2) is 11.6 Å². The third kappa shape index (κ3) is 9.95. The van der Waals surface area contributed by atoms with E-state index in [0.29, 0.717) is 6.61 Å². The van der Waals surface area contributed by atoms with E-state index in [2.05, 4.69) is 5.32 Å². The first kappa shape index (κ1) is 11.0. The van der Waals surface area contributed by atoms with E-state index in [-0.39, 0.29) is 0 Å². The van der Waals surface area contributed by atoms with E-state index < -0.39 is 0 Å². The van der Waals surface area contributed by atoms with Gasteiger partial charge in [-0.15, -0.1) is 0 Å². The Morgan fingerprint density at radius 3 is 2.73 bits per heavy atom. The van der Waals surface area contributed by atoms with E-state index in [0.717, 1.165) is 32.4 Å². The summed E-state index contributed by atoms with van der Waals surface area (Å²) in [6, 6.07) is 0. The van der Waals surface area contributed by atoms with E-state index in [4.69, 9.17) is 16.7 Å². The fourth-order valence-corrected chi connectivity index (χ4v) is 0.858. The Bertz CT molecular complexity index is 96.1. The van der Waals surface area contributed by atoms with Crippen LogP contribution in [0.1, 0.15) is 19.3 Å². The summed E-state index contributed by atoms with van der Waals surface area (Å²) in [6.07, 6.45) is 4.99. The maximum Gasteiger partial charge on any atom is 0.0431 e. The molecule has 0 saturated carbocycles. The summed E-state index contributed by atoms with van der Waals surface area (Å²) < 4.78 is 0. The Morgan fingerprint density at radius 1 is 1.27 bits per heavy atom. The predicted molar refractivity (Wildman–Crippen MR) is 48.8 cm³/mol. The first-order valence-corrected chi connectivity index (χ1v) is 4.42. The minimum absolute atomic E-state index is 0.307. The molecule has 0 fully saturated rings. The van der Waals surface area contributed by atoms with Crippen molar-refractivity contribution >= 4 is 11.6 Å². The molecule has 0 aliphatic heterocycles. The van der Waals surface area contributed by atoms with E-state index >= 15 is 0 Å². The number of halogens is 1. The Labute approximate surface area is 73.3 Å². The molecule has 66 valence electrons. The average molecular weight is 178 g/mol. The van der Waals surface area contributed by atoms with E-state index in [1.54, 1.807) is 0 Å². The van der Waals surface area contributed by atoms with Crippen LogP contribution in [0.25, 0.3) is 0 Å². The molecule has 0 aliphatic carbocycles. The quantitative estimate of drug-likeness (QED) is 0.578. The van der Waals surface area contributed by atoms with Crippen molar-refractivity contribution in [3.05, 3.63) is 11.6 Å². The second kappa shape index (κ2) is 9.95. The van der Waals surface area contributed by atoms with Gasteiger partial charge in [-0.1, -0.05) is 17.7 Å². The molecule has 0 radical (unpaired) electrons. The van der Waals surface area contributed by atoms with Crippen LogP contribution in [0, 0.1) is 0 Å². The average Bonchev–Trinajstić information content (AvgIpc) is 2.03. The summed E-state index contributed by atoms with van der Waals surface area (Å²) in [4.78, 5) is 0. The van der Waals surface area contributed by atoms with Gasteiger partial charge < -0.3 is 10.4 Å². The number of nitrogens with one attached hydrogen (secondary N) is 1. The first-order chi connectivity index (χ1) is 5.41. The molecule has 3 heteroatoms. The predicted octanol–water partition coefficient (Wildman–Crippen LogP) is 1.49. The van der Waals surface area contributed by atoms with Gasteiger partial charge in [-0.25, -0.2) is 0 Å². The molecule has 2 N–H and O–H groups in total. The third-order valence-electron chi connectivity index (χ3n) is 1.36. The number of hydrogen-bond donors (Lipinski definition) is 2. The molecule has 0 spiro atoms. The van der Waals surface area contributed by atoms with Crippen molar-refractivity contribution in [1.29, 1.82) is 0 Å². The fraction of sp³-hybridized carbons (Fsp3) is 0.750. The van der Waals surface area contributed by atoms with Gasteiger partial charge in [0.2, 0.25) is 0 Å². The van der Waals surface area contributed by atoms with Crippen molar-refractivity contribution in [3.63, 3.8) is 0 Å². The van der Waals surface area contributed by atoms with Crippen molar-refractivity contribution in [2.45, 2.75) is 19.3 Å². The van der Waals surface area contributed by atoms with Crippen molar-refractivity contribution in [2.75, 3.05) is 19.7 Å². The lowest BCUT2D eigenvalue weighted by molar-refractivity contribution is 0.283. The molecule has 0 aromatic carbocycles. The zero-order valence-corrected chi connectivity index (χ0v) is 7.48. The Balaban J connectivity index is 2.79. The van der Waals surface area contributed by atoms with Crippen molar-refractivity contribution in [2.24, 2.45) is 0 Å². The first-order valence-electron chi connectivity index (χ1n) is 3.98. The highest BCUT2D eigenvalue weighted by Gasteiger charge is 1.85. The number of aliphatic hydroxyl groups excluding tert-OH is 1. The number of aliphatic hydroxyl groups is 1. The highest BCUT2D eigenvalue weighted by atomic mass is 35.5. The van der Waals surface area contributed by atoms with Gasteiger partial charge in [-0.05, 0) is 25.8 Å². The van der Waals surface area contributed by atoms with Gasteiger partial charge in [0.1, 0.15) is 0 Å². The summed E-state index contributed by atoms with van der Waals surface area (Å²) in [5, 5.41) is 11.7. The Hall–Kier alpha value is -0.0500. The molecule has 11 heavy (non-hydrogen) atoms. The summed E-state index contributed by atoms with van der Waals surface area (Å²) in [5.41, 5.74) is 1.51. The van der Waals surface area contributed by atoms with E-state index in [9.17, 15) is 0 Å². The van der Waals surface area contributed by atoms with Gasteiger partial charge in [-0.3, -0.25) is 0 Å². The normalized spacial score (nSPS) is 11.1. The maximum absolute atomic E-state index is 8.46. The number of hydrogen-bond acceptors (Lipinski definition) is 2. The van der Waals surface area contributed by atoms with Crippen LogP contribution in [-0.4, -0.2) is 24.8 Å². The monoisotopic (exact) mass is 177 g/mol. The van der Waals surface area contributed by atoms with E-state index in [1.807, 2.05) is 6.08 Å². The maximum atomic E-state index is 8.46. The van der Waals surface area contributed by atoms with Crippen molar-refractivity contribution in [1.82, 2.24) is 5.32 Å². The molecule has 0 atom stereocenters. The molecule has 0 aromatic heterocycles. The van der Waals surface area contributed by atoms with Gasteiger partial charge in [0, 0.05) is 18.7 Å². The molecule has 0 bridgehead atoms. The Kier molecular flexibility index (Phi) is 9.90. The SMILES string of the molecule is OCCCCCNC/C=C/Cl. The lowest BCUT2D eigenvalue weighted by Crippen LogP contribution is -2.14. The molecule has 0 aromatic rings. The molecule has 2 nitrogen and oxygen atoms in total. The second-order valence-corrected chi connectivity index (χ2v) is 2.60. The third-order valence-corrected chi connectivity index (χ3v) is 1.54. The standard InChI is InChI=1S/C8H16ClNO/c9-5-4-7-10-6-2-1-3-8-11/h4-5,10-11H,1-3,6-8H2/b5-4+. The van der Waals surface area contributed by atoms with Crippen LogP contribution in [0.3, 0.4) is 0 Å². The molecule has 0 heterocycles. The summed E-state index contributed by atoms with van der Waals surface area (Å²) in [7, 11) is 0. The lowest BCUT2D eigenvalue weighted by atomic mass is 10.2. The van der Waals surface area contributed by atoms with Crippen LogP contribution in [0.5, 0.6) is 0 Å². The van der Waals surface area contributed by atoms with Crippen LogP contribution in [0.4, 0.5) is 0 Å². The number of unbranched alkanes of at least 4 members (excludes halogenated alkanes) is 2. The summed E-state index contributed by atoms with van der Waals surface area (Å²) in [6.45, 7) is 2.14. The zero-order chi connectivity index (χ0) is 8.36. The van der Waals surface area contributed by atoms with Gasteiger partial charge in [0.15, 0.2) is 0 Å². The van der Waals surface area contributed by atoms with Gasteiger partial charge in [0.25, 0.3) is 0 Å². The lowest BCUT2D eigenvalue weighted by Gasteiger charge is -1.99. The van der Waals surface area contributed by atoms with Crippen molar-refractivity contribution < 1.29 is 5.11 Å². The van der Waals surface area contributed by atoms with Crippen LogP contribution in [0.2, 0.25) is 0 Å². The zero-order valence-electron chi connectivity index (χ0n) is 6.72. The highest BCUT2D eigenvalue weighted by molar-refractivity contribution is 6.25. The minimum atomic E-state index is 0.307. The topological polar surface area (TPSA) is 32.3 Å². The number of rotatable bonds is 7. The molecular weight excluding hydrogens is 162 g/mol. The largest absolute Gasteiger partial charge is 0.396 e. The van der Waals surface area contributed by atoms with Crippen LogP contribution < -0.4 is 5.32 Å². The second-order valence-electron chi connectivity index (χ2n) is 2.35. The van der Waals surface area contributed by atoms with E-state index in [1.165, 1.54) is 5.54 Å². The fourth-order valence-electron chi connectivity index (χ4n) is 0.769. The summed E-state index contributed by atoms with van der Waals surface area (Å²) >= 11 is 5.31. The van der Waals surface area contributed by atoms with Crippen molar-refractivity contribution in [3.8, 4) is 0 Å². The molecule has 0 amide bonds. The molecule has 0 saturated heterocycles. The molecule has 0 aliphatic rings. The molecule has 0 unspecified atom stereocenters. The van der Waals surface area contributed by atoms with Gasteiger partial charge >= 0.3 is 0 Å². The van der Waals surface area contributed by atoms with Gasteiger partial charge in [-0.2, -0.15) is 0 Å². The minimum Gasteiger partial charge on any atom is -0.396 e. The van der Waals surface area contributed by atoms with Gasteiger partial charge in [0.05, 0.1) is 0 Å². The summed E-state index contributed by atoms with van der Waals surface area (Å²) in [5.74, 6) is 0. The van der Waals surface area contributed by atoms with Crippen LogP contribution in [-0.2, 0) is 0 Å². The van der Waals surface area contributed by atoms with Crippen LogP contribution >= 0.6 is 11.6 Å².